The van der Waals surface area contributed by atoms with Gasteiger partial charge >= 0.3 is 0 Å². The zero-order valence-corrected chi connectivity index (χ0v) is 16.7. The molecule has 0 aromatic carbocycles. The number of aliphatic hydroxyl groups is 1. The Morgan fingerprint density at radius 2 is 1.31 bits per heavy atom. The van der Waals surface area contributed by atoms with Gasteiger partial charge in [0.1, 0.15) is 0 Å². The molecular formula is C23H39NO2. The molecule has 0 saturated carbocycles. The number of amides is 1. The van der Waals surface area contributed by atoms with Crippen LogP contribution in [0.1, 0.15) is 77.6 Å². The number of carbonyl (C=O) groups excluding carboxylic acids is 1. The number of carbonyl (C=O) groups is 1. The van der Waals surface area contributed by atoms with E-state index in [1.54, 1.807) is 0 Å². The lowest BCUT2D eigenvalue weighted by atomic mass is 10.2. The van der Waals surface area contributed by atoms with E-state index in [1.807, 2.05) is 0 Å². The lowest BCUT2D eigenvalue weighted by Gasteiger charge is -2.00. The monoisotopic (exact) mass is 361 g/mol. The number of hydrogen-bond acceptors (Lipinski definition) is 2. The van der Waals surface area contributed by atoms with Crippen molar-refractivity contribution in [2.45, 2.75) is 77.6 Å². The van der Waals surface area contributed by atoms with Crippen molar-refractivity contribution in [3.05, 3.63) is 48.6 Å². The molecule has 26 heavy (non-hydrogen) atoms. The first kappa shape index (κ1) is 24.4. The first-order chi connectivity index (χ1) is 12.8. The standard InChI is InChI=1S/C23H39NO2/c1-2-3-4-5-6-7-8-9-10-11-12-13-14-15-16-17-18-19-20-23(26)24-21-22-25/h6-7,9-10,13-14,16-17,25H,2-5,8,11-12,15,18-22H2,1H3,(H,24,26)/b7-6-,10-9-,14-13-,17-16-. The van der Waals surface area contributed by atoms with Crippen molar-refractivity contribution in [1.82, 2.24) is 5.32 Å². The van der Waals surface area contributed by atoms with Gasteiger partial charge in [0.15, 0.2) is 0 Å². The zero-order valence-electron chi connectivity index (χ0n) is 16.7. The molecule has 0 heterocycles. The van der Waals surface area contributed by atoms with Crippen LogP contribution in [0.15, 0.2) is 48.6 Å². The van der Waals surface area contributed by atoms with Crippen molar-refractivity contribution in [3.8, 4) is 0 Å². The number of nitrogens with one attached hydrogen (secondary N) is 1. The molecule has 3 heteroatoms. The summed E-state index contributed by atoms with van der Waals surface area (Å²) in [5, 5.41) is 11.3. The normalized spacial score (nSPS) is 12.2. The SMILES string of the molecule is CCCCC/C=C\C/C=C\CC/C=C\C/C=C\CCCC(=O)NCCO. The van der Waals surface area contributed by atoms with Crippen LogP contribution in [0.2, 0.25) is 0 Å². The van der Waals surface area contributed by atoms with Crippen LogP contribution < -0.4 is 5.32 Å². The molecule has 1 amide bonds. The van der Waals surface area contributed by atoms with E-state index >= 15 is 0 Å². The van der Waals surface area contributed by atoms with Gasteiger partial charge in [0.2, 0.25) is 5.91 Å². The van der Waals surface area contributed by atoms with Crippen molar-refractivity contribution in [2.75, 3.05) is 13.2 Å². The predicted molar refractivity (Wildman–Crippen MR) is 113 cm³/mol. The Morgan fingerprint density at radius 1 is 0.769 bits per heavy atom. The highest BCUT2D eigenvalue weighted by atomic mass is 16.3. The molecule has 0 aliphatic rings. The topological polar surface area (TPSA) is 49.3 Å². The van der Waals surface area contributed by atoms with Crippen LogP contribution in [0, 0.1) is 0 Å². The number of hydrogen-bond donors (Lipinski definition) is 2. The lowest BCUT2D eigenvalue weighted by Crippen LogP contribution is -2.25. The first-order valence-corrected chi connectivity index (χ1v) is 10.3. The molecule has 0 fully saturated rings. The third-order valence-corrected chi connectivity index (χ3v) is 3.89. The number of allylic oxidation sites excluding steroid dienone is 8. The summed E-state index contributed by atoms with van der Waals surface area (Å²) in [7, 11) is 0. The summed E-state index contributed by atoms with van der Waals surface area (Å²) in [5.74, 6) is 0.0207. The van der Waals surface area contributed by atoms with Gasteiger partial charge in [0.25, 0.3) is 0 Å². The Hall–Kier alpha value is -1.61. The molecule has 0 aliphatic heterocycles. The largest absolute Gasteiger partial charge is 0.395 e. The summed E-state index contributed by atoms with van der Waals surface area (Å²) >= 11 is 0. The minimum Gasteiger partial charge on any atom is -0.395 e. The van der Waals surface area contributed by atoms with Gasteiger partial charge in [-0.25, -0.2) is 0 Å². The molecule has 0 radical (unpaired) electrons. The van der Waals surface area contributed by atoms with Gasteiger partial charge in [-0.3, -0.25) is 4.79 Å². The van der Waals surface area contributed by atoms with Crippen molar-refractivity contribution in [3.63, 3.8) is 0 Å². The van der Waals surface area contributed by atoms with Crippen molar-refractivity contribution in [1.29, 1.82) is 0 Å². The van der Waals surface area contributed by atoms with Crippen LogP contribution in [-0.4, -0.2) is 24.2 Å². The summed E-state index contributed by atoms with van der Waals surface area (Å²) in [6.07, 6.45) is 29.5. The van der Waals surface area contributed by atoms with Crippen molar-refractivity contribution < 1.29 is 9.90 Å². The van der Waals surface area contributed by atoms with Gasteiger partial charge < -0.3 is 10.4 Å². The fourth-order valence-corrected chi connectivity index (χ4v) is 2.38. The van der Waals surface area contributed by atoms with Gasteiger partial charge in [-0.1, -0.05) is 68.4 Å². The summed E-state index contributed by atoms with van der Waals surface area (Å²) in [6, 6.07) is 0. The highest BCUT2D eigenvalue weighted by Crippen LogP contribution is 2.02. The molecule has 0 aromatic rings. The molecular weight excluding hydrogens is 322 g/mol. The van der Waals surface area contributed by atoms with E-state index in [1.165, 1.54) is 25.7 Å². The minimum atomic E-state index is 0.00391. The third-order valence-electron chi connectivity index (χ3n) is 3.89. The average Bonchev–Trinajstić information content (AvgIpc) is 2.65. The third kappa shape index (κ3) is 20.4. The fraction of sp³-hybridized carbons (Fsp3) is 0.609. The van der Waals surface area contributed by atoms with Crippen LogP contribution in [0.3, 0.4) is 0 Å². The zero-order chi connectivity index (χ0) is 19.1. The highest BCUT2D eigenvalue weighted by Gasteiger charge is 1.97. The van der Waals surface area contributed by atoms with E-state index in [0.29, 0.717) is 13.0 Å². The second kappa shape index (κ2) is 21.4. The van der Waals surface area contributed by atoms with Crippen LogP contribution in [-0.2, 0) is 4.79 Å². The van der Waals surface area contributed by atoms with Crippen LogP contribution in [0.4, 0.5) is 0 Å². The van der Waals surface area contributed by atoms with E-state index in [2.05, 4.69) is 60.8 Å². The Morgan fingerprint density at radius 3 is 1.85 bits per heavy atom. The van der Waals surface area contributed by atoms with Gasteiger partial charge in [0.05, 0.1) is 6.61 Å². The van der Waals surface area contributed by atoms with Crippen LogP contribution >= 0.6 is 0 Å². The molecule has 148 valence electrons. The van der Waals surface area contributed by atoms with E-state index < -0.39 is 0 Å². The molecule has 0 atom stereocenters. The van der Waals surface area contributed by atoms with Crippen molar-refractivity contribution >= 4 is 5.91 Å². The minimum absolute atomic E-state index is 0.00391. The van der Waals surface area contributed by atoms with E-state index in [4.69, 9.17) is 5.11 Å². The second-order valence-electron chi connectivity index (χ2n) is 6.40. The second-order valence-corrected chi connectivity index (χ2v) is 6.40. The van der Waals surface area contributed by atoms with E-state index in [0.717, 1.165) is 38.5 Å². The smallest absolute Gasteiger partial charge is 0.220 e. The number of rotatable bonds is 17. The maximum absolute atomic E-state index is 11.3. The molecule has 0 aromatic heterocycles. The molecule has 0 bridgehead atoms. The molecule has 0 rings (SSSR count). The Balaban J connectivity index is 3.42. The molecule has 0 saturated heterocycles. The number of aliphatic hydroxyl groups excluding tert-OH is 1. The Bertz CT molecular complexity index is 422. The summed E-state index contributed by atoms with van der Waals surface area (Å²) in [6.45, 7) is 2.59. The molecule has 2 N–H and O–H groups in total. The van der Waals surface area contributed by atoms with E-state index in [-0.39, 0.29) is 12.5 Å². The first-order valence-electron chi connectivity index (χ1n) is 10.3. The predicted octanol–water partition coefficient (Wildman–Crippen LogP) is 5.63. The Kier molecular flexibility index (Phi) is 20.1. The maximum Gasteiger partial charge on any atom is 0.220 e. The lowest BCUT2D eigenvalue weighted by molar-refractivity contribution is -0.121. The quantitative estimate of drug-likeness (QED) is 0.260. The summed E-state index contributed by atoms with van der Waals surface area (Å²) in [4.78, 5) is 11.3. The van der Waals surface area contributed by atoms with Gasteiger partial charge in [-0.2, -0.15) is 0 Å². The fourth-order valence-electron chi connectivity index (χ4n) is 2.38. The summed E-state index contributed by atoms with van der Waals surface area (Å²) in [5.41, 5.74) is 0. The van der Waals surface area contributed by atoms with Gasteiger partial charge in [0, 0.05) is 13.0 Å². The van der Waals surface area contributed by atoms with Crippen LogP contribution in [0.25, 0.3) is 0 Å². The molecule has 3 nitrogen and oxygen atoms in total. The highest BCUT2D eigenvalue weighted by molar-refractivity contribution is 5.75. The van der Waals surface area contributed by atoms with Gasteiger partial charge in [-0.05, 0) is 51.4 Å². The van der Waals surface area contributed by atoms with Gasteiger partial charge in [-0.15, -0.1) is 0 Å². The molecule has 0 spiro atoms. The average molecular weight is 362 g/mol. The molecule has 0 unspecified atom stereocenters. The van der Waals surface area contributed by atoms with Crippen molar-refractivity contribution in [2.24, 2.45) is 0 Å². The Labute approximate surface area is 161 Å². The van der Waals surface area contributed by atoms with E-state index in [9.17, 15) is 4.79 Å². The summed E-state index contributed by atoms with van der Waals surface area (Å²) < 4.78 is 0. The molecule has 0 aliphatic carbocycles. The maximum atomic E-state index is 11.3. The van der Waals surface area contributed by atoms with Crippen LogP contribution in [0.5, 0.6) is 0 Å². The number of unbranched alkanes of at least 4 members (excludes halogenated alkanes) is 5.